The van der Waals surface area contributed by atoms with Crippen LogP contribution in [0.3, 0.4) is 0 Å². The number of hydrogen-bond acceptors (Lipinski definition) is 3. The van der Waals surface area contributed by atoms with Gasteiger partial charge in [0.2, 0.25) is 0 Å². The molecule has 0 spiro atoms. The molecule has 0 bridgehead atoms. The Balaban J connectivity index is -0.000000180. The Morgan fingerprint density at radius 2 is 1.33 bits per heavy atom. The van der Waals surface area contributed by atoms with Crippen molar-refractivity contribution in [3.05, 3.63) is 0 Å². The van der Waals surface area contributed by atoms with E-state index in [-0.39, 0.29) is 46.6 Å². The fraction of sp³-hybridized carbons (Fsp3) is 1.00. The third kappa shape index (κ3) is 17.7. The summed E-state index contributed by atoms with van der Waals surface area (Å²) in [6.45, 7) is 3.13. The fourth-order valence-electron chi connectivity index (χ4n) is 0.329. The summed E-state index contributed by atoms with van der Waals surface area (Å²) >= 11 is 0. The van der Waals surface area contributed by atoms with Crippen LogP contribution in [0.2, 0.25) is 0 Å². The van der Waals surface area contributed by atoms with Crippen LogP contribution in [-0.4, -0.2) is 55.7 Å². The molecule has 5 heteroatoms. The number of rotatable bonds is 4. The molecule has 3 nitrogen and oxygen atoms in total. The molecular formula is C4H14FeN3Na. The second kappa shape index (κ2) is 16.2. The maximum absolute atomic E-state index is 5.17. The maximum atomic E-state index is 5.17. The van der Waals surface area contributed by atoms with Crippen molar-refractivity contribution < 1.29 is 17.1 Å². The number of nitrogens with two attached hydrogens (primary N) is 2. The van der Waals surface area contributed by atoms with Crippen molar-refractivity contribution in [1.82, 2.24) is 5.32 Å². The molecule has 0 aromatic carbocycles. The Morgan fingerprint density at radius 3 is 1.56 bits per heavy atom. The molecule has 0 saturated heterocycles. The first-order valence-electron chi connectivity index (χ1n) is 2.52. The predicted octanol–water partition coefficient (Wildman–Crippen LogP) is -2.16. The van der Waals surface area contributed by atoms with Crippen LogP contribution in [0.4, 0.5) is 0 Å². The molecule has 5 N–H and O–H groups in total. The van der Waals surface area contributed by atoms with Crippen LogP contribution in [0.1, 0.15) is 0 Å². The summed E-state index contributed by atoms with van der Waals surface area (Å²) in [7, 11) is 0. The van der Waals surface area contributed by atoms with E-state index in [4.69, 9.17) is 11.5 Å². The van der Waals surface area contributed by atoms with E-state index in [1.54, 1.807) is 0 Å². The zero-order valence-corrected chi connectivity index (χ0v) is 5.94. The first-order valence-corrected chi connectivity index (χ1v) is 2.52. The molecule has 0 aromatic heterocycles. The number of hydrogen-bond donors (Lipinski definition) is 3. The van der Waals surface area contributed by atoms with Crippen molar-refractivity contribution in [2.75, 3.05) is 26.2 Å². The van der Waals surface area contributed by atoms with E-state index in [9.17, 15) is 0 Å². The van der Waals surface area contributed by atoms with Gasteiger partial charge < -0.3 is 16.8 Å². The Kier molecular flexibility index (Phi) is 30.2. The Bertz CT molecular complexity index is 35.0. The average Bonchev–Trinajstić information content (AvgIpc) is 1.69. The van der Waals surface area contributed by atoms with E-state index in [0.29, 0.717) is 13.1 Å². The molecular weight excluding hydrogens is 169 g/mol. The summed E-state index contributed by atoms with van der Waals surface area (Å²) in [5, 5.41) is 3.03. The molecule has 0 radical (unpaired) electrons. The minimum absolute atomic E-state index is 0. The molecule has 9 heavy (non-hydrogen) atoms. The molecule has 0 heterocycles. The van der Waals surface area contributed by atoms with Gasteiger partial charge in [0.05, 0.1) is 0 Å². The van der Waals surface area contributed by atoms with Crippen LogP contribution in [0.5, 0.6) is 0 Å². The fourth-order valence-corrected chi connectivity index (χ4v) is 0.329. The van der Waals surface area contributed by atoms with Gasteiger partial charge in [0.15, 0.2) is 0 Å². The molecule has 0 rings (SSSR count). The predicted molar refractivity (Wildman–Crippen MR) is 38.1 cm³/mol. The summed E-state index contributed by atoms with van der Waals surface area (Å²) in [6.07, 6.45) is 0. The summed E-state index contributed by atoms with van der Waals surface area (Å²) in [5.74, 6) is 0. The van der Waals surface area contributed by atoms with Gasteiger partial charge >= 0.3 is 29.6 Å². The Hall–Kier alpha value is 1.40. The molecule has 54 valence electrons. The van der Waals surface area contributed by atoms with Crippen molar-refractivity contribution >= 4 is 29.6 Å². The van der Waals surface area contributed by atoms with Gasteiger partial charge in [-0.05, 0) is 0 Å². The first-order chi connectivity index (χ1) is 3.41. The second-order valence-corrected chi connectivity index (χ2v) is 1.33. The van der Waals surface area contributed by atoms with Crippen LogP contribution >= 0.6 is 0 Å². The van der Waals surface area contributed by atoms with Crippen molar-refractivity contribution in [1.29, 1.82) is 0 Å². The summed E-state index contributed by atoms with van der Waals surface area (Å²) < 4.78 is 0. The molecule has 0 fully saturated rings. The normalized spacial score (nSPS) is 7.33. The van der Waals surface area contributed by atoms with Gasteiger partial charge in [-0.1, -0.05) is 0 Å². The van der Waals surface area contributed by atoms with Crippen molar-refractivity contribution in [2.24, 2.45) is 11.5 Å². The number of nitrogens with one attached hydrogen (secondary N) is 1. The van der Waals surface area contributed by atoms with Crippen LogP contribution in [0.25, 0.3) is 0 Å². The van der Waals surface area contributed by atoms with E-state index in [0.717, 1.165) is 13.1 Å². The molecule has 0 unspecified atom stereocenters. The molecule has 0 aliphatic heterocycles. The molecule has 0 atom stereocenters. The Labute approximate surface area is 89.1 Å². The van der Waals surface area contributed by atoms with Gasteiger partial charge in [-0.3, -0.25) is 0 Å². The van der Waals surface area contributed by atoms with E-state index < -0.39 is 0 Å². The van der Waals surface area contributed by atoms with Gasteiger partial charge in [0.1, 0.15) is 0 Å². The van der Waals surface area contributed by atoms with Gasteiger partial charge in [-0.15, -0.1) is 0 Å². The van der Waals surface area contributed by atoms with E-state index in [1.165, 1.54) is 0 Å². The zero-order valence-electron chi connectivity index (χ0n) is 4.84. The summed E-state index contributed by atoms with van der Waals surface area (Å²) in [5.41, 5.74) is 10.3. The van der Waals surface area contributed by atoms with Crippen LogP contribution < -0.4 is 16.8 Å². The van der Waals surface area contributed by atoms with Gasteiger partial charge in [0.25, 0.3) is 0 Å². The zero-order chi connectivity index (χ0) is 5.54. The molecule has 0 amide bonds. The van der Waals surface area contributed by atoms with E-state index >= 15 is 0 Å². The van der Waals surface area contributed by atoms with Crippen LogP contribution in [-0.2, 0) is 17.1 Å². The third-order valence-corrected chi connectivity index (χ3v) is 0.642. The average molecular weight is 183 g/mol. The van der Waals surface area contributed by atoms with E-state index in [2.05, 4.69) is 5.32 Å². The van der Waals surface area contributed by atoms with Crippen LogP contribution in [0, 0.1) is 0 Å². The van der Waals surface area contributed by atoms with Gasteiger partial charge in [-0.25, -0.2) is 0 Å². The van der Waals surface area contributed by atoms with E-state index in [1.807, 2.05) is 0 Å². The monoisotopic (exact) mass is 183 g/mol. The molecule has 0 saturated carbocycles. The quantitative estimate of drug-likeness (QED) is 0.343. The summed E-state index contributed by atoms with van der Waals surface area (Å²) in [4.78, 5) is 0. The van der Waals surface area contributed by atoms with Crippen molar-refractivity contribution in [2.45, 2.75) is 0 Å². The molecule has 0 aliphatic carbocycles. The van der Waals surface area contributed by atoms with Crippen molar-refractivity contribution in [3.63, 3.8) is 0 Å². The third-order valence-electron chi connectivity index (χ3n) is 0.642. The second-order valence-electron chi connectivity index (χ2n) is 1.33. The molecule has 0 aromatic rings. The SMILES string of the molecule is NCCNCCN.[Fe].[NaH]. The standard InChI is InChI=1S/C4H13N3.Fe.Na.H/c5-1-3-7-4-2-6;;;/h7H,1-6H2;;;. The Morgan fingerprint density at radius 1 is 1.00 bits per heavy atom. The van der Waals surface area contributed by atoms with Gasteiger partial charge in [-0.2, -0.15) is 0 Å². The first kappa shape index (κ1) is 16.8. The van der Waals surface area contributed by atoms with Crippen LogP contribution in [0.15, 0.2) is 0 Å². The topological polar surface area (TPSA) is 64.1 Å². The minimum atomic E-state index is 0. The van der Waals surface area contributed by atoms with Gasteiger partial charge in [0, 0.05) is 43.2 Å². The summed E-state index contributed by atoms with van der Waals surface area (Å²) in [6, 6.07) is 0. The molecule has 0 aliphatic rings. The van der Waals surface area contributed by atoms with Crippen molar-refractivity contribution in [3.8, 4) is 0 Å².